The largest absolute Gasteiger partial charge is 0.479 e. The number of carbonyl (C=O) groups excluding carboxylic acids is 1. The molecule has 1 amide bonds. The zero-order valence-corrected chi connectivity index (χ0v) is 12.2. The van der Waals surface area contributed by atoms with E-state index in [4.69, 9.17) is 10.5 Å². The first-order chi connectivity index (χ1) is 10.1. The maximum absolute atomic E-state index is 12.1. The number of benzene rings is 1. The average Bonchev–Trinajstić information content (AvgIpc) is 2.49. The highest BCUT2D eigenvalue weighted by Crippen LogP contribution is 2.18. The van der Waals surface area contributed by atoms with Crippen molar-refractivity contribution in [2.75, 3.05) is 5.32 Å². The van der Waals surface area contributed by atoms with E-state index in [0.717, 1.165) is 11.4 Å². The Morgan fingerprint density at radius 1 is 1.29 bits per heavy atom. The van der Waals surface area contributed by atoms with Crippen molar-refractivity contribution in [3.05, 3.63) is 53.9 Å². The van der Waals surface area contributed by atoms with Crippen molar-refractivity contribution in [3.8, 4) is 5.75 Å². The van der Waals surface area contributed by atoms with E-state index in [1.165, 1.54) is 0 Å². The van der Waals surface area contributed by atoms with Gasteiger partial charge in [0.2, 0.25) is 0 Å². The van der Waals surface area contributed by atoms with Crippen molar-refractivity contribution in [3.63, 3.8) is 0 Å². The molecule has 2 aromatic rings. The monoisotopic (exact) mass is 285 g/mol. The molecule has 0 fully saturated rings. The molecule has 2 rings (SSSR count). The molecule has 0 spiro atoms. The van der Waals surface area contributed by atoms with Gasteiger partial charge in [-0.05, 0) is 38.1 Å². The third-order valence-corrected chi connectivity index (χ3v) is 2.98. The lowest BCUT2D eigenvalue weighted by Gasteiger charge is -2.16. The van der Waals surface area contributed by atoms with Crippen LogP contribution in [0.25, 0.3) is 0 Å². The van der Waals surface area contributed by atoms with Crippen molar-refractivity contribution < 1.29 is 9.53 Å². The van der Waals surface area contributed by atoms with E-state index in [1.54, 1.807) is 13.0 Å². The molecule has 0 saturated heterocycles. The van der Waals surface area contributed by atoms with Crippen LogP contribution in [0.2, 0.25) is 0 Å². The number of anilines is 1. The summed E-state index contributed by atoms with van der Waals surface area (Å²) in [5.41, 5.74) is 7.90. The third-order valence-electron chi connectivity index (χ3n) is 2.98. The van der Waals surface area contributed by atoms with Gasteiger partial charge in [0.25, 0.3) is 5.91 Å². The van der Waals surface area contributed by atoms with Crippen LogP contribution in [0.15, 0.2) is 42.5 Å². The first-order valence-electron chi connectivity index (χ1n) is 6.79. The highest BCUT2D eigenvalue weighted by atomic mass is 16.5. The minimum absolute atomic E-state index is 0.218. The zero-order valence-electron chi connectivity index (χ0n) is 12.2. The summed E-state index contributed by atoms with van der Waals surface area (Å²) in [5.74, 6) is 0.323. The van der Waals surface area contributed by atoms with Gasteiger partial charge in [-0.1, -0.05) is 18.2 Å². The van der Waals surface area contributed by atoms with Crippen molar-refractivity contribution in [1.29, 1.82) is 0 Å². The van der Waals surface area contributed by atoms with Crippen molar-refractivity contribution in [2.24, 2.45) is 5.73 Å². The van der Waals surface area contributed by atoms with Gasteiger partial charge in [-0.15, -0.1) is 0 Å². The van der Waals surface area contributed by atoms with Crippen LogP contribution in [0.4, 0.5) is 5.69 Å². The van der Waals surface area contributed by atoms with E-state index >= 15 is 0 Å². The van der Waals surface area contributed by atoms with Crippen molar-refractivity contribution in [2.45, 2.75) is 26.5 Å². The van der Waals surface area contributed by atoms with Gasteiger partial charge < -0.3 is 15.8 Å². The van der Waals surface area contributed by atoms with Crippen LogP contribution in [0.3, 0.4) is 0 Å². The highest BCUT2D eigenvalue weighted by Gasteiger charge is 2.16. The van der Waals surface area contributed by atoms with E-state index in [0.29, 0.717) is 11.4 Å². The summed E-state index contributed by atoms with van der Waals surface area (Å²) in [6.07, 6.45) is -0.639. The summed E-state index contributed by atoms with van der Waals surface area (Å²) >= 11 is 0. The Hall–Kier alpha value is -2.40. The SMILES string of the molecule is Cc1ccc(OC(C)C(=O)Nc2ccccc2)c(CN)n1. The Morgan fingerprint density at radius 3 is 2.67 bits per heavy atom. The molecule has 0 radical (unpaired) electrons. The molecule has 1 heterocycles. The number of hydrogen-bond acceptors (Lipinski definition) is 4. The molecule has 0 aliphatic carbocycles. The fourth-order valence-corrected chi connectivity index (χ4v) is 1.86. The summed E-state index contributed by atoms with van der Waals surface area (Å²) < 4.78 is 5.67. The number of carbonyl (C=O) groups is 1. The first-order valence-corrected chi connectivity index (χ1v) is 6.79. The van der Waals surface area contributed by atoms with Gasteiger partial charge >= 0.3 is 0 Å². The molecule has 1 unspecified atom stereocenters. The molecule has 110 valence electrons. The topological polar surface area (TPSA) is 77.2 Å². The van der Waals surface area contributed by atoms with Crippen LogP contribution in [0, 0.1) is 6.92 Å². The predicted octanol–water partition coefficient (Wildman–Crippen LogP) is 2.25. The lowest BCUT2D eigenvalue weighted by Crippen LogP contribution is -2.30. The molecule has 3 N–H and O–H groups in total. The number of ether oxygens (including phenoxy) is 1. The Bertz CT molecular complexity index is 614. The summed E-state index contributed by atoms with van der Waals surface area (Å²) in [4.78, 5) is 16.4. The van der Waals surface area contributed by atoms with Gasteiger partial charge in [0.15, 0.2) is 6.10 Å². The van der Waals surface area contributed by atoms with Crippen molar-refractivity contribution >= 4 is 11.6 Å². The second-order valence-corrected chi connectivity index (χ2v) is 4.72. The number of amides is 1. The Morgan fingerprint density at radius 2 is 2.00 bits per heavy atom. The van der Waals surface area contributed by atoms with Gasteiger partial charge in [0.1, 0.15) is 5.75 Å². The normalized spacial score (nSPS) is 11.8. The van der Waals surface area contributed by atoms with Gasteiger partial charge in [-0.3, -0.25) is 9.78 Å². The second-order valence-electron chi connectivity index (χ2n) is 4.72. The fraction of sp³-hybridized carbons (Fsp3) is 0.250. The van der Waals surface area contributed by atoms with E-state index < -0.39 is 6.10 Å². The Kier molecular flexibility index (Phi) is 4.90. The van der Waals surface area contributed by atoms with E-state index in [9.17, 15) is 4.79 Å². The molecule has 5 heteroatoms. The number of aromatic nitrogens is 1. The number of para-hydroxylation sites is 1. The molecule has 1 atom stereocenters. The number of nitrogens with zero attached hydrogens (tertiary/aromatic N) is 1. The van der Waals surface area contributed by atoms with Crippen LogP contribution in [0.5, 0.6) is 5.75 Å². The summed E-state index contributed by atoms with van der Waals surface area (Å²) in [7, 11) is 0. The first kappa shape index (κ1) is 15.0. The number of pyridine rings is 1. The molecule has 1 aromatic heterocycles. The van der Waals surface area contributed by atoms with Crippen LogP contribution >= 0.6 is 0 Å². The average molecular weight is 285 g/mol. The van der Waals surface area contributed by atoms with E-state index in [1.807, 2.05) is 43.3 Å². The predicted molar refractivity (Wildman–Crippen MR) is 82.0 cm³/mol. The standard InChI is InChI=1S/C16H19N3O2/c1-11-8-9-15(14(10-17)18-11)21-12(2)16(20)19-13-6-4-3-5-7-13/h3-9,12H,10,17H2,1-2H3,(H,19,20). The Balaban J connectivity index is 2.04. The zero-order chi connectivity index (χ0) is 15.2. The molecule has 0 aliphatic heterocycles. The van der Waals surface area contributed by atoms with E-state index in [-0.39, 0.29) is 12.5 Å². The molecule has 0 saturated carbocycles. The quantitative estimate of drug-likeness (QED) is 0.883. The van der Waals surface area contributed by atoms with Gasteiger partial charge in [-0.2, -0.15) is 0 Å². The third kappa shape index (κ3) is 4.03. The smallest absolute Gasteiger partial charge is 0.265 e. The summed E-state index contributed by atoms with van der Waals surface area (Å²) in [6.45, 7) is 3.84. The number of hydrogen-bond donors (Lipinski definition) is 2. The molecular formula is C16H19N3O2. The second kappa shape index (κ2) is 6.85. The molecule has 0 bridgehead atoms. The number of aryl methyl sites for hydroxylation is 1. The maximum Gasteiger partial charge on any atom is 0.265 e. The molecule has 21 heavy (non-hydrogen) atoms. The van der Waals surface area contributed by atoms with E-state index in [2.05, 4.69) is 10.3 Å². The molecule has 5 nitrogen and oxygen atoms in total. The molecule has 1 aromatic carbocycles. The summed E-state index contributed by atoms with van der Waals surface area (Å²) in [5, 5.41) is 2.80. The number of nitrogens with one attached hydrogen (secondary N) is 1. The molecule has 0 aliphatic rings. The van der Waals surface area contributed by atoms with Crippen LogP contribution < -0.4 is 15.8 Å². The summed E-state index contributed by atoms with van der Waals surface area (Å²) in [6, 6.07) is 12.9. The number of nitrogens with two attached hydrogens (primary N) is 1. The van der Waals surface area contributed by atoms with Gasteiger partial charge in [0, 0.05) is 17.9 Å². The lowest BCUT2D eigenvalue weighted by atomic mass is 10.2. The highest BCUT2D eigenvalue weighted by molar-refractivity contribution is 5.94. The number of rotatable bonds is 5. The maximum atomic E-state index is 12.1. The lowest BCUT2D eigenvalue weighted by molar-refractivity contribution is -0.122. The van der Waals surface area contributed by atoms with Gasteiger partial charge in [0.05, 0.1) is 5.69 Å². The van der Waals surface area contributed by atoms with Crippen LogP contribution in [-0.4, -0.2) is 17.0 Å². The fourth-order valence-electron chi connectivity index (χ4n) is 1.86. The molecular weight excluding hydrogens is 266 g/mol. The van der Waals surface area contributed by atoms with Gasteiger partial charge in [-0.25, -0.2) is 0 Å². The minimum Gasteiger partial charge on any atom is -0.479 e. The Labute approximate surface area is 124 Å². The van der Waals surface area contributed by atoms with Crippen LogP contribution in [-0.2, 0) is 11.3 Å². The van der Waals surface area contributed by atoms with Crippen molar-refractivity contribution in [1.82, 2.24) is 4.98 Å². The van der Waals surface area contributed by atoms with Crippen LogP contribution in [0.1, 0.15) is 18.3 Å². The minimum atomic E-state index is -0.639.